The van der Waals surface area contributed by atoms with Gasteiger partial charge in [0.15, 0.2) is 0 Å². The first-order chi connectivity index (χ1) is 10.2. The van der Waals surface area contributed by atoms with Gasteiger partial charge in [-0.05, 0) is 31.0 Å². The van der Waals surface area contributed by atoms with Crippen LogP contribution in [0, 0.1) is 5.92 Å². The number of methoxy groups -OCH3 is 1. The molecule has 21 heavy (non-hydrogen) atoms. The number of nitrogens with one attached hydrogen (secondary N) is 1. The van der Waals surface area contributed by atoms with Crippen molar-refractivity contribution >= 4 is 11.6 Å². The molecule has 2 atom stereocenters. The Morgan fingerprint density at radius 2 is 2.00 bits per heavy atom. The first-order valence-electron chi connectivity index (χ1n) is 8.22. The molecule has 0 amide bonds. The molecule has 0 radical (unpaired) electrons. The fourth-order valence-electron chi connectivity index (χ4n) is 2.85. The lowest BCUT2D eigenvalue weighted by atomic mass is 9.89. The minimum atomic E-state index is 0.337. The van der Waals surface area contributed by atoms with Gasteiger partial charge in [0.05, 0.1) is 7.11 Å². The van der Waals surface area contributed by atoms with Crippen LogP contribution in [0.4, 0.5) is 0 Å². The normalized spacial score (nSPS) is 14.0. The highest BCUT2D eigenvalue weighted by Crippen LogP contribution is 2.33. The standard InChI is InChI=1S/C18H30ClNO/c1-5-8-9-14(6-2)12-17(20-7-3)16-11-10-15(19)13-18(16)21-4/h10-11,13-14,17,20H,5-9,12H2,1-4H3. The van der Waals surface area contributed by atoms with Crippen molar-refractivity contribution in [2.24, 2.45) is 5.92 Å². The van der Waals surface area contributed by atoms with Gasteiger partial charge in [-0.15, -0.1) is 0 Å². The molecule has 0 aliphatic carbocycles. The number of ether oxygens (including phenoxy) is 1. The number of benzene rings is 1. The molecule has 120 valence electrons. The van der Waals surface area contributed by atoms with Gasteiger partial charge in [0.1, 0.15) is 5.75 Å². The molecule has 0 bridgehead atoms. The van der Waals surface area contributed by atoms with Crippen LogP contribution < -0.4 is 10.1 Å². The molecule has 1 N–H and O–H groups in total. The first kappa shape index (κ1) is 18.3. The Morgan fingerprint density at radius 3 is 2.57 bits per heavy atom. The van der Waals surface area contributed by atoms with Crippen LogP contribution in [0.1, 0.15) is 64.5 Å². The van der Waals surface area contributed by atoms with Gasteiger partial charge in [-0.3, -0.25) is 0 Å². The fraction of sp³-hybridized carbons (Fsp3) is 0.667. The molecule has 0 heterocycles. The van der Waals surface area contributed by atoms with Crippen molar-refractivity contribution in [1.82, 2.24) is 5.32 Å². The van der Waals surface area contributed by atoms with Gasteiger partial charge in [0.25, 0.3) is 0 Å². The monoisotopic (exact) mass is 311 g/mol. The zero-order chi connectivity index (χ0) is 15.7. The molecule has 2 unspecified atom stereocenters. The van der Waals surface area contributed by atoms with Crippen LogP contribution in [0.2, 0.25) is 5.02 Å². The summed E-state index contributed by atoms with van der Waals surface area (Å²) in [6.07, 6.45) is 6.28. The second-order valence-electron chi connectivity index (χ2n) is 5.65. The lowest BCUT2D eigenvalue weighted by Gasteiger charge is -2.25. The third-order valence-corrected chi connectivity index (χ3v) is 4.37. The van der Waals surface area contributed by atoms with E-state index in [2.05, 4.69) is 32.2 Å². The van der Waals surface area contributed by atoms with Crippen molar-refractivity contribution in [1.29, 1.82) is 0 Å². The van der Waals surface area contributed by atoms with E-state index in [1.54, 1.807) is 7.11 Å². The topological polar surface area (TPSA) is 21.3 Å². The quantitative estimate of drug-likeness (QED) is 0.606. The molecule has 3 heteroatoms. The molecular weight excluding hydrogens is 282 g/mol. The Bertz CT molecular complexity index is 408. The fourth-order valence-corrected chi connectivity index (χ4v) is 3.02. The Balaban J connectivity index is 2.89. The van der Waals surface area contributed by atoms with Crippen LogP contribution >= 0.6 is 11.6 Å². The number of hydrogen-bond donors (Lipinski definition) is 1. The van der Waals surface area contributed by atoms with E-state index in [9.17, 15) is 0 Å². The summed E-state index contributed by atoms with van der Waals surface area (Å²) in [5.41, 5.74) is 1.22. The summed E-state index contributed by atoms with van der Waals surface area (Å²) in [5.74, 6) is 1.65. The van der Waals surface area contributed by atoms with E-state index < -0.39 is 0 Å². The molecule has 1 rings (SSSR count). The molecular formula is C18H30ClNO. The molecule has 0 saturated carbocycles. The van der Waals surface area contributed by atoms with E-state index in [1.165, 1.54) is 31.2 Å². The second kappa shape index (κ2) is 10.1. The maximum Gasteiger partial charge on any atom is 0.125 e. The van der Waals surface area contributed by atoms with Gasteiger partial charge in [-0.1, -0.05) is 64.1 Å². The van der Waals surface area contributed by atoms with Gasteiger partial charge in [0.2, 0.25) is 0 Å². The van der Waals surface area contributed by atoms with Gasteiger partial charge < -0.3 is 10.1 Å². The predicted octanol–water partition coefficient (Wildman–Crippen LogP) is 5.61. The summed E-state index contributed by atoms with van der Waals surface area (Å²) >= 11 is 6.08. The molecule has 0 fully saturated rings. The average molecular weight is 312 g/mol. The highest BCUT2D eigenvalue weighted by atomic mass is 35.5. The smallest absolute Gasteiger partial charge is 0.125 e. The Hall–Kier alpha value is -0.730. The zero-order valence-electron chi connectivity index (χ0n) is 13.9. The Morgan fingerprint density at radius 1 is 1.24 bits per heavy atom. The maximum atomic E-state index is 6.08. The number of unbranched alkanes of at least 4 members (excludes halogenated alkanes) is 1. The van der Waals surface area contributed by atoms with Gasteiger partial charge >= 0.3 is 0 Å². The van der Waals surface area contributed by atoms with Crippen molar-refractivity contribution < 1.29 is 4.74 Å². The molecule has 0 saturated heterocycles. The Kier molecular flexibility index (Phi) is 8.79. The van der Waals surface area contributed by atoms with Crippen LogP contribution in [0.3, 0.4) is 0 Å². The third kappa shape index (κ3) is 5.88. The molecule has 1 aromatic carbocycles. The molecule has 0 aliphatic rings. The number of hydrogen-bond acceptors (Lipinski definition) is 2. The van der Waals surface area contributed by atoms with E-state index in [1.807, 2.05) is 12.1 Å². The molecule has 2 nitrogen and oxygen atoms in total. The molecule has 0 aliphatic heterocycles. The maximum absolute atomic E-state index is 6.08. The van der Waals surface area contributed by atoms with Gasteiger partial charge in [-0.25, -0.2) is 0 Å². The van der Waals surface area contributed by atoms with E-state index in [-0.39, 0.29) is 0 Å². The summed E-state index contributed by atoms with van der Waals surface area (Å²) in [5, 5.41) is 4.34. The van der Waals surface area contributed by atoms with E-state index in [4.69, 9.17) is 16.3 Å². The van der Waals surface area contributed by atoms with E-state index in [0.29, 0.717) is 6.04 Å². The summed E-state index contributed by atoms with van der Waals surface area (Å²) in [4.78, 5) is 0. The van der Waals surface area contributed by atoms with Crippen molar-refractivity contribution in [2.45, 2.75) is 58.9 Å². The first-order valence-corrected chi connectivity index (χ1v) is 8.60. The highest BCUT2D eigenvalue weighted by Gasteiger charge is 2.19. The summed E-state index contributed by atoms with van der Waals surface area (Å²) < 4.78 is 5.53. The molecule has 0 aromatic heterocycles. The minimum absolute atomic E-state index is 0.337. The minimum Gasteiger partial charge on any atom is -0.496 e. The number of halogens is 1. The summed E-state index contributed by atoms with van der Waals surface area (Å²) in [6.45, 7) is 7.67. The largest absolute Gasteiger partial charge is 0.496 e. The van der Waals surface area contributed by atoms with Crippen molar-refractivity contribution in [3.05, 3.63) is 28.8 Å². The molecule has 1 aromatic rings. The van der Waals surface area contributed by atoms with Crippen LogP contribution in [0.15, 0.2) is 18.2 Å². The lowest BCUT2D eigenvalue weighted by molar-refractivity contribution is 0.344. The second-order valence-corrected chi connectivity index (χ2v) is 6.09. The zero-order valence-corrected chi connectivity index (χ0v) is 14.7. The van der Waals surface area contributed by atoms with Crippen LogP contribution in [-0.4, -0.2) is 13.7 Å². The van der Waals surface area contributed by atoms with E-state index >= 15 is 0 Å². The van der Waals surface area contributed by atoms with Crippen LogP contribution in [0.25, 0.3) is 0 Å². The lowest BCUT2D eigenvalue weighted by Crippen LogP contribution is -2.24. The highest BCUT2D eigenvalue weighted by molar-refractivity contribution is 6.30. The van der Waals surface area contributed by atoms with E-state index in [0.717, 1.165) is 29.7 Å². The summed E-state index contributed by atoms with van der Waals surface area (Å²) in [7, 11) is 1.71. The molecule has 0 spiro atoms. The van der Waals surface area contributed by atoms with Crippen molar-refractivity contribution in [2.75, 3.05) is 13.7 Å². The van der Waals surface area contributed by atoms with Crippen LogP contribution in [0.5, 0.6) is 5.75 Å². The summed E-state index contributed by atoms with van der Waals surface area (Å²) in [6, 6.07) is 6.30. The number of rotatable bonds is 10. The van der Waals surface area contributed by atoms with Gasteiger partial charge in [0, 0.05) is 16.6 Å². The third-order valence-electron chi connectivity index (χ3n) is 4.13. The SMILES string of the molecule is CCCCC(CC)CC(NCC)c1ccc(Cl)cc1OC. The van der Waals surface area contributed by atoms with Gasteiger partial charge in [-0.2, -0.15) is 0 Å². The average Bonchev–Trinajstić information content (AvgIpc) is 2.50. The Labute approximate surface area is 135 Å². The predicted molar refractivity (Wildman–Crippen MR) is 92.3 cm³/mol. The van der Waals surface area contributed by atoms with Crippen molar-refractivity contribution in [3.63, 3.8) is 0 Å². The van der Waals surface area contributed by atoms with Crippen molar-refractivity contribution in [3.8, 4) is 5.75 Å². The van der Waals surface area contributed by atoms with Crippen LogP contribution in [-0.2, 0) is 0 Å².